The third-order valence-corrected chi connectivity index (χ3v) is 4.94. The monoisotopic (exact) mass is 331 g/mol. The second-order valence-corrected chi connectivity index (χ2v) is 7.02. The third-order valence-electron chi connectivity index (χ3n) is 4.21. The van der Waals surface area contributed by atoms with Gasteiger partial charge < -0.3 is 15.8 Å². The van der Waals surface area contributed by atoms with Gasteiger partial charge in [-0.3, -0.25) is 0 Å². The fourth-order valence-electron chi connectivity index (χ4n) is 2.95. The summed E-state index contributed by atoms with van der Waals surface area (Å²) in [6.45, 7) is 1.88. The second-order valence-electron chi connectivity index (χ2n) is 6.13. The Bertz CT molecular complexity index is 591. The summed E-state index contributed by atoms with van der Waals surface area (Å²) in [5, 5.41) is 6.18. The normalized spacial score (nSPS) is 15.1. The van der Waals surface area contributed by atoms with Gasteiger partial charge in [0.05, 0.1) is 11.8 Å². The van der Waals surface area contributed by atoms with Crippen molar-refractivity contribution in [1.82, 2.24) is 10.3 Å². The van der Waals surface area contributed by atoms with E-state index in [9.17, 15) is 0 Å². The molecule has 124 valence electrons. The molecule has 0 bridgehead atoms. The van der Waals surface area contributed by atoms with Crippen LogP contribution < -0.4 is 15.8 Å². The molecule has 0 aliphatic heterocycles. The molecular weight excluding hydrogens is 306 g/mol. The van der Waals surface area contributed by atoms with Crippen LogP contribution in [0.5, 0.6) is 5.75 Å². The average Bonchev–Trinajstić information content (AvgIpc) is 3.20. The van der Waals surface area contributed by atoms with Gasteiger partial charge in [-0.2, -0.15) is 0 Å². The van der Waals surface area contributed by atoms with E-state index < -0.39 is 0 Å². The molecule has 1 saturated carbocycles. The molecule has 0 radical (unpaired) electrons. The number of benzene rings is 1. The summed E-state index contributed by atoms with van der Waals surface area (Å²) >= 11 is 1.51. The van der Waals surface area contributed by atoms with Crippen LogP contribution in [-0.2, 0) is 13.0 Å². The number of nitrogens with zero attached hydrogens (tertiary/aromatic N) is 1. The van der Waals surface area contributed by atoms with Gasteiger partial charge in [-0.15, -0.1) is 11.3 Å². The molecule has 0 saturated heterocycles. The lowest BCUT2D eigenvalue weighted by molar-refractivity contribution is 0.210. The zero-order chi connectivity index (χ0) is 15.9. The molecule has 1 heterocycles. The minimum absolute atomic E-state index is 0.429. The number of ether oxygens (including phenoxy) is 1. The van der Waals surface area contributed by atoms with E-state index in [1.807, 2.05) is 5.38 Å². The van der Waals surface area contributed by atoms with Crippen LogP contribution in [0.2, 0.25) is 0 Å². The molecule has 1 aromatic carbocycles. The summed E-state index contributed by atoms with van der Waals surface area (Å²) in [7, 11) is 0. The summed E-state index contributed by atoms with van der Waals surface area (Å²) in [6.07, 6.45) is 7.50. The zero-order valence-electron chi connectivity index (χ0n) is 13.5. The molecule has 2 aromatic rings. The molecular formula is C18H25N3OS. The number of hydrogen-bond donors (Lipinski definition) is 2. The summed E-state index contributed by atoms with van der Waals surface area (Å²) < 4.78 is 5.99. The van der Waals surface area contributed by atoms with Crippen LogP contribution in [0.3, 0.4) is 0 Å². The third kappa shape index (κ3) is 5.22. The number of aryl methyl sites for hydroxylation is 1. The van der Waals surface area contributed by atoms with Crippen molar-refractivity contribution in [2.45, 2.75) is 51.2 Å². The van der Waals surface area contributed by atoms with Crippen molar-refractivity contribution >= 4 is 16.5 Å². The standard InChI is InChI=1S/C18H25N3OS/c19-18-21-15(13-23-18)4-3-11-20-12-14-7-9-17(10-8-14)22-16-5-1-2-6-16/h7-10,13,16,20H,1-6,11-12H2,(H2,19,21). The van der Waals surface area contributed by atoms with Gasteiger partial charge in [0.2, 0.25) is 0 Å². The molecule has 5 heteroatoms. The van der Waals surface area contributed by atoms with E-state index in [0.717, 1.165) is 37.4 Å². The quantitative estimate of drug-likeness (QED) is 0.723. The molecule has 1 aliphatic carbocycles. The molecule has 4 nitrogen and oxygen atoms in total. The Kier molecular flexibility index (Phi) is 5.88. The molecule has 0 unspecified atom stereocenters. The molecule has 1 fully saturated rings. The Morgan fingerprint density at radius 1 is 1.22 bits per heavy atom. The summed E-state index contributed by atoms with van der Waals surface area (Å²) in [6, 6.07) is 8.48. The maximum absolute atomic E-state index is 5.99. The maximum atomic E-state index is 5.99. The Morgan fingerprint density at radius 2 is 2.00 bits per heavy atom. The number of thiazole rings is 1. The molecule has 1 aliphatic rings. The van der Waals surface area contributed by atoms with Crippen molar-refractivity contribution in [2.75, 3.05) is 12.3 Å². The van der Waals surface area contributed by atoms with Crippen LogP contribution in [0.4, 0.5) is 5.13 Å². The number of rotatable bonds is 8. The minimum atomic E-state index is 0.429. The highest BCUT2D eigenvalue weighted by molar-refractivity contribution is 7.13. The number of nitrogens with one attached hydrogen (secondary N) is 1. The van der Waals surface area contributed by atoms with Crippen molar-refractivity contribution < 1.29 is 4.74 Å². The van der Waals surface area contributed by atoms with Gasteiger partial charge in [-0.05, 0) is 62.8 Å². The molecule has 23 heavy (non-hydrogen) atoms. The predicted octanol–water partition coefficient (Wildman–Crippen LogP) is 3.77. The maximum Gasteiger partial charge on any atom is 0.180 e. The highest BCUT2D eigenvalue weighted by Crippen LogP contribution is 2.24. The summed E-state index contributed by atoms with van der Waals surface area (Å²) in [5.74, 6) is 1.00. The molecule has 3 N–H and O–H groups in total. The SMILES string of the molecule is Nc1nc(CCCNCc2ccc(OC3CCCC3)cc2)cs1. The van der Waals surface area contributed by atoms with Crippen molar-refractivity contribution in [3.05, 3.63) is 40.9 Å². The lowest BCUT2D eigenvalue weighted by atomic mass is 10.2. The predicted molar refractivity (Wildman–Crippen MR) is 95.9 cm³/mol. The highest BCUT2D eigenvalue weighted by Gasteiger charge is 2.16. The smallest absolute Gasteiger partial charge is 0.180 e. The van der Waals surface area contributed by atoms with E-state index in [4.69, 9.17) is 10.5 Å². The Balaban J connectivity index is 1.33. The van der Waals surface area contributed by atoms with E-state index >= 15 is 0 Å². The van der Waals surface area contributed by atoms with Gasteiger partial charge in [-0.25, -0.2) is 4.98 Å². The van der Waals surface area contributed by atoms with Crippen LogP contribution in [0, 0.1) is 0 Å². The number of nitrogens with two attached hydrogens (primary N) is 1. The molecule has 0 amide bonds. The number of hydrogen-bond acceptors (Lipinski definition) is 5. The van der Waals surface area contributed by atoms with Crippen LogP contribution in [0.15, 0.2) is 29.6 Å². The van der Waals surface area contributed by atoms with Gasteiger partial charge in [0.1, 0.15) is 5.75 Å². The lowest BCUT2D eigenvalue weighted by Crippen LogP contribution is -2.15. The first-order valence-electron chi connectivity index (χ1n) is 8.46. The van der Waals surface area contributed by atoms with Gasteiger partial charge in [0.25, 0.3) is 0 Å². The Hall–Kier alpha value is -1.59. The first kappa shape index (κ1) is 16.3. The van der Waals surface area contributed by atoms with Crippen molar-refractivity contribution in [2.24, 2.45) is 0 Å². The number of anilines is 1. The van der Waals surface area contributed by atoms with E-state index in [1.54, 1.807) is 0 Å². The first-order valence-corrected chi connectivity index (χ1v) is 9.34. The van der Waals surface area contributed by atoms with Crippen molar-refractivity contribution in [1.29, 1.82) is 0 Å². The molecule has 3 rings (SSSR count). The van der Waals surface area contributed by atoms with Crippen molar-refractivity contribution in [3.63, 3.8) is 0 Å². The van der Waals surface area contributed by atoms with Crippen LogP contribution >= 0.6 is 11.3 Å². The van der Waals surface area contributed by atoms with Gasteiger partial charge >= 0.3 is 0 Å². The Morgan fingerprint density at radius 3 is 2.70 bits per heavy atom. The van der Waals surface area contributed by atoms with E-state index in [1.165, 1.54) is 42.6 Å². The fraction of sp³-hybridized carbons (Fsp3) is 0.500. The lowest BCUT2D eigenvalue weighted by Gasteiger charge is -2.13. The average molecular weight is 331 g/mol. The number of nitrogen functional groups attached to an aromatic ring is 1. The van der Waals surface area contributed by atoms with Gasteiger partial charge in [0.15, 0.2) is 5.13 Å². The van der Waals surface area contributed by atoms with Crippen molar-refractivity contribution in [3.8, 4) is 5.75 Å². The number of aromatic nitrogens is 1. The van der Waals surface area contributed by atoms with E-state index in [0.29, 0.717) is 11.2 Å². The van der Waals surface area contributed by atoms with Gasteiger partial charge in [0, 0.05) is 11.9 Å². The van der Waals surface area contributed by atoms with E-state index in [-0.39, 0.29) is 0 Å². The highest BCUT2D eigenvalue weighted by atomic mass is 32.1. The fourth-order valence-corrected chi connectivity index (χ4v) is 3.55. The van der Waals surface area contributed by atoms with Gasteiger partial charge in [-0.1, -0.05) is 12.1 Å². The zero-order valence-corrected chi connectivity index (χ0v) is 14.3. The first-order chi connectivity index (χ1) is 11.3. The topological polar surface area (TPSA) is 60.2 Å². The Labute approximate surface area is 142 Å². The van der Waals surface area contributed by atoms with Crippen LogP contribution in [-0.4, -0.2) is 17.6 Å². The second kappa shape index (κ2) is 8.31. The van der Waals surface area contributed by atoms with Crippen LogP contribution in [0.25, 0.3) is 0 Å². The van der Waals surface area contributed by atoms with Crippen LogP contribution in [0.1, 0.15) is 43.4 Å². The summed E-state index contributed by atoms with van der Waals surface area (Å²) in [4.78, 5) is 4.27. The van der Waals surface area contributed by atoms with E-state index in [2.05, 4.69) is 34.6 Å². The largest absolute Gasteiger partial charge is 0.490 e. The summed E-state index contributed by atoms with van der Waals surface area (Å²) in [5.41, 5.74) is 8.02. The molecule has 1 aromatic heterocycles. The molecule has 0 atom stereocenters. The minimum Gasteiger partial charge on any atom is -0.490 e. The molecule has 0 spiro atoms.